The van der Waals surface area contributed by atoms with Gasteiger partial charge in [0.2, 0.25) is 0 Å². The molecule has 0 spiro atoms. The third-order valence-corrected chi connectivity index (χ3v) is 4.48. The average molecular weight is 369 g/mol. The maximum Gasteiger partial charge on any atom is 0.0298 e. The number of hydrogen-bond donors (Lipinski definition) is 1. The van der Waals surface area contributed by atoms with E-state index < -0.39 is 0 Å². The fourth-order valence-corrected chi connectivity index (χ4v) is 3.33. The Balaban J connectivity index is 2.04. The Kier molecular flexibility index (Phi) is 4.98. The highest BCUT2D eigenvalue weighted by atomic mass is 79.9. The number of benzene rings is 2. The first-order valence-electron chi connectivity index (χ1n) is 5.92. The molecule has 1 atom stereocenters. The summed E-state index contributed by atoms with van der Waals surface area (Å²) in [5.74, 6) is 0. The van der Waals surface area contributed by atoms with E-state index in [1.165, 1.54) is 11.1 Å². The summed E-state index contributed by atoms with van der Waals surface area (Å²) in [7, 11) is 0. The van der Waals surface area contributed by atoms with Gasteiger partial charge in [0, 0.05) is 15.0 Å². The SMILES string of the molecule is NC(CCc1c(Br)cccc1Br)c1ccccc1. The van der Waals surface area contributed by atoms with E-state index in [0.717, 1.165) is 21.8 Å². The summed E-state index contributed by atoms with van der Waals surface area (Å²) in [4.78, 5) is 0. The third kappa shape index (κ3) is 3.44. The highest BCUT2D eigenvalue weighted by Gasteiger charge is 2.09. The van der Waals surface area contributed by atoms with Gasteiger partial charge in [-0.05, 0) is 36.1 Å². The Hall–Kier alpha value is -0.640. The first-order chi connectivity index (χ1) is 8.68. The van der Waals surface area contributed by atoms with Crippen LogP contribution in [0.1, 0.15) is 23.6 Å². The van der Waals surface area contributed by atoms with E-state index in [4.69, 9.17) is 5.73 Å². The second-order valence-corrected chi connectivity index (χ2v) is 5.96. The predicted octanol–water partition coefficient (Wildman–Crippen LogP) is 4.84. The summed E-state index contributed by atoms with van der Waals surface area (Å²) in [6.45, 7) is 0. The lowest BCUT2D eigenvalue weighted by atomic mass is 10.00. The molecule has 0 saturated heterocycles. The van der Waals surface area contributed by atoms with E-state index in [0.29, 0.717) is 0 Å². The van der Waals surface area contributed by atoms with Crippen molar-refractivity contribution >= 4 is 31.9 Å². The van der Waals surface area contributed by atoms with Gasteiger partial charge in [-0.3, -0.25) is 0 Å². The molecule has 2 rings (SSSR count). The molecule has 2 aromatic rings. The van der Waals surface area contributed by atoms with Crippen LogP contribution in [0.3, 0.4) is 0 Å². The molecule has 0 amide bonds. The molecule has 0 aliphatic carbocycles. The molecule has 94 valence electrons. The summed E-state index contributed by atoms with van der Waals surface area (Å²) >= 11 is 7.17. The number of nitrogens with two attached hydrogens (primary N) is 1. The van der Waals surface area contributed by atoms with Crippen molar-refractivity contribution in [1.29, 1.82) is 0 Å². The van der Waals surface area contributed by atoms with Gasteiger partial charge in [-0.2, -0.15) is 0 Å². The maximum atomic E-state index is 6.21. The van der Waals surface area contributed by atoms with Crippen LogP contribution in [-0.4, -0.2) is 0 Å². The fraction of sp³-hybridized carbons (Fsp3) is 0.200. The van der Waals surface area contributed by atoms with E-state index in [1.807, 2.05) is 24.3 Å². The van der Waals surface area contributed by atoms with Crippen LogP contribution in [-0.2, 0) is 6.42 Å². The quantitative estimate of drug-likeness (QED) is 0.820. The van der Waals surface area contributed by atoms with Gasteiger partial charge in [0.1, 0.15) is 0 Å². The van der Waals surface area contributed by atoms with Crippen LogP contribution in [0.15, 0.2) is 57.5 Å². The van der Waals surface area contributed by atoms with Gasteiger partial charge in [-0.1, -0.05) is 68.3 Å². The average Bonchev–Trinajstić information content (AvgIpc) is 2.39. The topological polar surface area (TPSA) is 26.0 Å². The zero-order valence-corrected chi connectivity index (χ0v) is 13.1. The summed E-state index contributed by atoms with van der Waals surface area (Å²) < 4.78 is 2.27. The van der Waals surface area contributed by atoms with Crippen molar-refractivity contribution < 1.29 is 0 Å². The number of hydrogen-bond acceptors (Lipinski definition) is 1. The van der Waals surface area contributed by atoms with Crippen molar-refractivity contribution in [3.8, 4) is 0 Å². The summed E-state index contributed by atoms with van der Waals surface area (Å²) in [6, 6.07) is 16.5. The van der Waals surface area contributed by atoms with Crippen molar-refractivity contribution in [3.63, 3.8) is 0 Å². The van der Waals surface area contributed by atoms with Crippen molar-refractivity contribution in [2.24, 2.45) is 5.73 Å². The van der Waals surface area contributed by atoms with Gasteiger partial charge >= 0.3 is 0 Å². The van der Waals surface area contributed by atoms with Crippen molar-refractivity contribution in [1.82, 2.24) is 0 Å². The molecule has 0 aromatic heterocycles. The zero-order valence-electron chi connectivity index (χ0n) is 9.94. The second-order valence-electron chi connectivity index (χ2n) is 4.26. The molecule has 1 nitrogen and oxygen atoms in total. The molecule has 0 radical (unpaired) electrons. The molecule has 2 N–H and O–H groups in total. The molecular weight excluding hydrogens is 354 g/mol. The minimum absolute atomic E-state index is 0.0882. The molecule has 0 bridgehead atoms. The molecule has 0 aliphatic rings. The van der Waals surface area contributed by atoms with E-state index >= 15 is 0 Å². The van der Waals surface area contributed by atoms with Gasteiger partial charge in [0.15, 0.2) is 0 Å². The first-order valence-corrected chi connectivity index (χ1v) is 7.50. The molecule has 0 aliphatic heterocycles. The zero-order chi connectivity index (χ0) is 13.0. The van der Waals surface area contributed by atoms with E-state index in [9.17, 15) is 0 Å². The summed E-state index contributed by atoms with van der Waals surface area (Å²) in [5.41, 5.74) is 8.69. The normalized spacial score (nSPS) is 12.4. The lowest BCUT2D eigenvalue weighted by molar-refractivity contribution is 0.649. The van der Waals surface area contributed by atoms with Crippen LogP contribution in [0, 0.1) is 0 Å². The monoisotopic (exact) mass is 367 g/mol. The summed E-state index contributed by atoms with van der Waals surface area (Å²) in [6.07, 6.45) is 1.89. The maximum absolute atomic E-state index is 6.21. The van der Waals surface area contributed by atoms with E-state index in [-0.39, 0.29) is 6.04 Å². The smallest absolute Gasteiger partial charge is 0.0298 e. The van der Waals surface area contributed by atoms with Crippen molar-refractivity contribution in [2.75, 3.05) is 0 Å². The first kappa shape index (κ1) is 13.8. The Bertz CT molecular complexity index is 491. The van der Waals surface area contributed by atoms with Crippen LogP contribution in [0.5, 0.6) is 0 Å². The van der Waals surface area contributed by atoms with Crippen LogP contribution < -0.4 is 5.73 Å². The van der Waals surface area contributed by atoms with Gasteiger partial charge in [-0.15, -0.1) is 0 Å². The number of rotatable bonds is 4. The molecule has 3 heteroatoms. The highest BCUT2D eigenvalue weighted by Crippen LogP contribution is 2.28. The van der Waals surface area contributed by atoms with Crippen molar-refractivity contribution in [2.45, 2.75) is 18.9 Å². The van der Waals surface area contributed by atoms with Crippen LogP contribution in [0.4, 0.5) is 0 Å². The molecule has 18 heavy (non-hydrogen) atoms. The van der Waals surface area contributed by atoms with Crippen LogP contribution in [0.2, 0.25) is 0 Å². The van der Waals surface area contributed by atoms with Gasteiger partial charge in [-0.25, -0.2) is 0 Å². The highest BCUT2D eigenvalue weighted by molar-refractivity contribution is 9.11. The molecule has 0 saturated carbocycles. The molecule has 0 fully saturated rings. The summed E-state index contributed by atoms with van der Waals surface area (Å²) in [5, 5.41) is 0. The Morgan fingerprint density at radius 3 is 2.11 bits per heavy atom. The molecule has 1 unspecified atom stereocenters. The number of halogens is 2. The van der Waals surface area contributed by atoms with E-state index in [1.54, 1.807) is 0 Å². The Morgan fingerprint density at radius 2 is 1.50 bits per heavy atom. The van der Waals surface area contributed by atoms with Gasteiger partial charge in [0.25, 0.3) is 0 Å². The molecule has 2 aromatic carbocycles. The van der Waals surface area contributed by atoms with E-state index in [2.05, 4.69) is 56.1 Å². The molecule has 0 heterocycles. The minimum Gasteiger partial charge on any atom is -0.324 e. The van der Waals surface area contributed by atoms with Crippen LogP contribution in [0.25, 0.3) is 0 Å². The fourth-order valence-electron chi connectivity index (χ4n) is 1.94. The Labute approximate surface area is 125 Å². The van der Waals surface area contributed by atoms with Gasteiger partial charge in [0.05, 0.1) is 0 Å². The Morgan fingerprint density at radius 1 is 0.889 bits per heavy atom. The lowest BCUT2D eigenvalue weighted by Crippen LogP contribution is -2.11. The minimum atomic E-state index is 0.0882. The third-order valence-electron chi connectivity index (χ3n) is 2.99. The lowest BCUT2D eigenvalue weighted by Gasteiger charge is -2.13. The standard InChI is InChI=1S/C15H15Br2N/c16-13-7-4-8-14(17)12(13)9-10-15(18)11-5-2-1-3-6-11/h1-8,15H,9-10,18H2. The largest absolute Gasteiger partial charge is 0.324 e. The van der Waals surface area contributed by atoms with Gasteiger partial charge < -0.3 is 5.73 Å². The molecular formula is C15H15Br2N. The second kappa shape index (κ2) is 6.50. The predicted molar refractivity (Wildman–Crippen MR) is 83.5 cm³/mol. The van der Waals surface area contributed by atoms with Crippen LogP contribution >= 0.6 is 31.9 Å². The van der Waals surface area contributed by atoms with Crippen molar-refractivity contribution in [3.05, 3.63) is 68.6 Å².